The zero-order valence-electron chi connectivity index (χ0n) is 36.7. The molecule has 0 spiro atoms. The van der Waals surface area contributed by atoms with E-state index in [4.69, 9.17) is 54.8 Å². The summed E-state index contributed by atoms with van der Waals surface area (Å²) in [7, 11) is 0. The lowest BCUT2D eigenvalue weighted by Gasteiger charge is -2.59. The normalized spacial score (nSPS) is 25.6. The summed E-state index contributed by atoms with van der Waals surface area (Å²) in [6.07, 6.45) is 10.6. The second-order valence-electron chi connectivity index (χ2n) is 17.1. The molecule has 0 radical (unpaired) electrons. The molecule has 15 heteroatoms. The van der Waals surface area contributed by atoms with Crippen LogP contribution in [0.25, 0.3) is 0 Å². The molecular formula is C50H59ClN2O12. The molecular weight excluding hydrogens is 856 g/mol. The number of alkyl halides is 1. The van der Waals surface area contributed by atoms with E-state index in [2.05, 4.69) is 12.7 Å². The van der Waals surface area contributed by atoms with E-state index in [1.807, 2.05) is 36.4 Å². The fourth-order valence-electron chi connectivity index (χ4n) is 10.2. The number of allylic oxidation sites excluding steroid dienone is 1. The van der Waals surface area contributed by atoms with E-state index in [1.54, 1.807) is 35.2 Å². The van der Waals surface area contributed by atoms with Crippen LogP contribution in [0.2, 0.25) is 0 Å². The number of unbranched alkanes of at least 4 members (excludes halogenated alkanes) is 2. The van der Waals surface area contributed by atoms with Crippen LogP contribution in [0.15, 0.2) is 90.1 Å². The van der Waals surface area contributed by atoms with E-state index in [0.717, 1.165) is 61.5 Å². The minimum Gasteiger partial charge on any atom is -0.459 e. The summed E-state index contributed by atoms with van der Waals surface area (Å²) < 4.78 is 44.2. The number of ether oxygens (including phenoxy) is 7. The number of hydrogen-bond acceptors (Lipinski definition) is 13. The van der Waals surface area contributed by atoms with Crippen LogP contribution >= 0.6 is 11.6 Å². The van der Waals surface area contributed by atoms with E-state index < -0.39 is 30.1 Å². The van der Waals surface area contributed by atoms with Gasteiger partial charge in [0.05, 0.1) is 30.7 Å². The van der Waals surface area contributed by atoms with Gasteiger partial charge in [-0.2, -0.15) is 0 Å². The maximum Gasteiger partial charge on any atom is 0.410 e. The van der Waals surface area contributed by atoms with Crippen molar-refractivity contribution in [1.29, 1.82) is 0 Å². The average molecular weight is 915 g/mol. The number of amides is 1. The van der Waals surface area contributed by atoms with Gasteiger partial charge in [0.1, 0.15) is 36.2 Å². The number of halogens is 1. The first kappa shape index (κ1) is 46.4. The van der Waals surface area contributed by atoms with Gasteiger partial charge < -0.3 is 48.2 Å². The number of fused-ring (bicyclic) bond motifs is 3. The lowest BCUT2D eigenvalue weighted by Crippen LogP contribution is -2.70. The summed E-state index contributed by atoms with van der Waals surface area (Å²) in [4.78, 5) is 34.3. The average Bonchev–Trinajstić information content (AvgIpc) is 3.81. The molecule has 2 aliphatic carbocycles. The quantitative estimate of drug-likeness (QED) is 0.0343. The van der Waals surface area contributed by atoms with Gasteiger partial charge in [0, 0.05) is 49.6 Å². The summed E-state index contributed by atoms with van der Waals surface area (Å²) in [6.45, 7) is 4.96. The van der Waals surface area contributed by atoms with Crippen molar-refractivity contribution in [3.8, 4) is 28.7 Å². The molecule has 3 aliphatic heterocycles. The smallest absolute Gasteiger partial charge is 0.410 e. The molecule has 1 unspecified atom stereocenters. The van der Waals surface area contributed by atoms with Gasteiger partial charge in [-0.3, -0.25) is 9.69 Å². The zero-order valence-corrected chi connectivity index (χ0v) is 37.4. The van der Waals surface area contributed by atoms with Crippen LogP contribution in [0.4, 0.5) is 4.79 Å². The van der Waals surface area contributed by atoms with Crippen LogP contribution < -0.4 is 18.9 Å². The fourth-order valence-corrected chi connectivity index (χ4v) is 10.2. The monoisotopic (exact) mass is 914 g/mol. The van der Waals surface area contributed by atoms with E-state index in [1.165, 1.54) is 0 Å². The van der Waals surface area contributed by atoms with Crippen molar-refractivity contribution in [2.75, 3.05) is 45.7 Å². The number of aliphatic hydroxyl groups is 2. The van der Waals surface area contributed by atoms with Crippen LogP contribution in [0.3, 0.4) is 0 Å². The van der Waals surface area contributed by atoms with Crippen molar-refractivity contribution >= 4 is 29.7 Å². The highest BCUT2D eigenvalue weighted by molar-refractivity contribution is 6.18. The van der Waals surface area contributed by atoms with Crippen molar-refractivity contribution in [2.45, 2.75) is 94.8 Å². The summed E-state index contributed by atoms with van der Waals surface area (Å²) >= 11 is 6.14. The van der Waals surface area contributed by atoms with E-state index in [-0.39, 0.29) is 69.8 Å². The lowest BCUT2D eigenvalue weighted by molar-refractivity contribution is -0.256. The number of carbonyl (C=O) groups is 2. The second kappa shape index (κ2) is 21.9. The maximum absolute atomic E-state index is 14.7. The van der Waals surface area contributed by atoms with Crippen molar-refractivity contribution in [3.63, 3.8) is 0 Å². The van der Waals surface area contributed by atoms with Crippen LogP contribution in [0.1, 0.15) is 91.6 Å². The molecule has 8 rings (SSSR count). The van der Waals surface area contributed by atoms with Gasteiger partial charge in [0.2, 0.25) is 18.9 Å². The summed E-state index contributed by atoms with van der Waals surface area (Å²) in [5.74, 6) is 0.433. The van der Waals surface area contributed by atoms with Crippen LogP contribution in [0.5, 0.6) is 28.7 Å². The largest absolute Gasteiger partial charge is 0.459 e. The molecule has 0 bridgehead atoms. The van der Waals surface area contributed by atoms with Gasteiger partial charge in [0.15, 0.2) is 11.5 Å². The standard InChI is InChI=1S/C50H59ClN2O12/c1-2-22-62-50-45(53(49(57)59-24-19-51)30-33-15-17-43-44(26-33)61-32-60-43)29-41(52-65-46-14-5-8-23-58-46)39-27-35(11-3-6-20-54)38(13-4-7-21-55)47(48(39)50)40-28-37(16-18-42(40)64-50)63-36-12-9-10-34(25-36)31-56/h2,9-10,12,15-18,25-28,31,35,38,45-48,54-55H,1,3-8,11,13-14,19-24,29-30,32H2/t35-,38+,45-,46?,47+,48+,50+/m0/s1. The van der Waals surface area contributed by atoms with E-state index in [9.17, 15) is 19.8 Å². The SMILES string of the molecule is C=CCO[C@@]12Oc3ccc(Oc4cccc(C=O)c4)cc3[C@H]3[C@H](CCCCO)[C@@H](CCCCO)C=C(C(=NOC4CCCCO4)C[C@@H]1N(Cc1ccc4c(c1)OCO4)C(=O)OCCCl)[C@H]32. The Morgan fingerprint density at radius 1 is 0.969 bits per heavy atom. The molecule has 0 aromatic heterocycles. The molecule has 2 N–H and O–H groups in total. The summed E-state index contributed by atoms with van der Waals surface area (Å²) in [6, 6.07) is 17.4. The molecule has 3 aromatic carbocycles. The maximum atomic E-state index is 14.7. The molecule has 65 heavy (non-hydrogen) atoms. The third-order valence-corrected chi connectivity index (χ3v) is 13.2. The highest BCUT2D eigenvalue weighted by Crippen LogP contribution is 2.62. The fraction of sp³-hybridized carbons (Fsp3) is 0.500. The van der Waals surface area contributed by atoms with E-state index >= 15 is 0 Å². The van der Waals surface area contributed by atoms with Crippen molar-refractivity contribution in [2.24, 2.45) is 22.9 Å². The first-order chi connectivity index (χ1) is 31.9. The molecule has 348 valence electrons. The zero-order chi connectivity index (χ0) is 45.2. The number of rotatable bonds is 21. The van der Waals surface area contributed by atoms with Crippen LogP contribution in [-0.2, 0) is 25.6 Å². The molecule has 1 saturated carbocycles. The molecule has 5 aliphatic rings. The van der Waals surface area contributed by atoms with Gasteiger partial charge >= 0.3 is 6.09 Å². The van der Waals surface area contributed by atoms with Gasteiger partial charge in [-0.25, -0.2) is 4.79 Å². The third kappa shape index (κ3) is 10.3. The van der Waals surface area contributed by atoms with Crippen LogP contribution in [-0.4, -0.2) is 97.0 Å². The Bertz CT molecular complexity index is 2190. The number of aldehydes is 1. The number of hydrogen-bond donors (Lipinski definition) is 2. The predicted molar refractivity (Wildman–Crippen MR) is 242 cm³/mol. The third-order valence-electron chi connectivity index (χ3n) is 13.0. The first-order valence-corrected chi connectivity index (χ1v) is 23.4. The van der Waals surface area contributed by atoms with Crippen molar-refractivity contribution in [1.82, 2.24) is 4.90 Å². The molecule has 7 atom stereocenters. The summed E-state index contributed by atoms with van der Waals surface area (Å²) in [5, 5.41) is 24.9. The number of oxime groups is 1. The molecule has 3 aromatic rings. The molecule has 1 saturated heterocycles. The Hall–Kier alpha value is -5.12. The number of carbonyl (C=O) groups excluding carboxylic acids is 2. The van der Waals surface area contributed by atoms with Crippen molar-refractivity contribution < 1.29 is 57.8 Å². The minimum atomic E-state index is -1.54. The van der Waals surface area contributed by atoms with Gasteiger partial charge in [-0.15, -0.1) is 18.2 Å². The number of nitrogens with zero attached hydrogens (tertiary/aromatic N) is 2. The Morgan fingerprint density at radius 2 is 1.78 bits per heavy atom. The molecule has 3 heterocycles. The molecule has 2 fully saturated rings. The van der Waals surface area contributed by atoms with Gasteiger partial charge in [-0.1, -0.05) is 48.3 Å². The lowest BCUT2D eigenvalue weighted by atomic mass is 9.55. The van der Waals surface area contributed by atoms with E-state index in [0.29, 0.717) is 65.9 Å². The topological polar surface area (TPSA) is 164 Å². The highest BCUT2D eigenvalue weighted by Gasteiger charge is 2.66. The minimum absolute atomic E-state index is 0.0134. The van der Waals surface area contributed by atoms with Gasteiger partial charge in [0.25, 0.3) is 0 Å². The van der Waals surface area contributed by atoms with Crippen LogP contribution in [0, 0.1) is 17.8 Å². The number of aliphatic hydroxyl groups excluding tert-OH is 2. The van der Waals surface area contributed by atoms with Crippen molar-refractivity contribution in [3.05, 3.63) is 102 Å². The molecule has 14 nitrogen and oxygen atoms in total. The predicted octanol–water partition coefficient (Wildman–Crippen LogP) is 9.06. The highest BCUT2D eigenvalue weighted by atomic mass is 35.5. The Labute approximate surface area is 385 Å². The molecule has 1 amide bonds. The Balaban J connectivity index is 1.33. The van der Waals surface area contributed by atoms with Gasteiger partial charge in [-0.05, 0) is 104 Å². The summed E-state index contributed by atoms with van der Waals surface area (Å²) in [5.41, 5.74) is 3.63. The first-order valence-electron chi connectivity index (χ1n) is 22.9. The number of benzene rings is 3. The second-order valence-corrected chi connectivity index (χ2v) is 17.5. The Kier molecular flexibility index (Phi) is 15.6. The Morgan fingerprint density at radius 3 is 2.57 bits per heavy atom.